The predicted molar refractivity (Wildman–Crippen MR) is 79.2 cm³/mol. The van der Waals surface area contributed by atoms with E-state index in [1.165, 1.54) is 17.5 Å². The zero-order valence-electron chi connectivity index (χ0n) is 12.4. The van der Waals surface area contributed by atoms with Crippen LogP contribution in [-0.4, -0.2) is 36.0 Å². The van der Waals surface area contributed by atoms with Crippen LogP contribution in [0.5, 0.6) is 0 Å². The molecule has 0 aromatic heterocycles. The molecule has 0 radical (unpaired) electrons. The van der Waals surface area contributed by atoms with E-state index in [9.17, 15) is 9.59 Å². The number of ether oxygens (including phenoxy) is 1. The Balaban J connectivity index is 1.79. The summed E-state index contributed by atoms with van der Waals surface area (Å²) in [4.78, 5) is 26.3. The monoisotopic (exact) mass is 287 g/mol. The molecule has 112 valence electrons. The highest BCUT2D eigenvalue weighted by molar-refractivity contribution is 5.97. The summed E-state index contributed by atoms with van der Waals surface area (Å²) in [6.45, 7) is 2.79. The van der Waals surface area contributed by atoms with Crippen molar-refractivity contribution in [2.45, 2.75) is 45.1 Å². The third-order valence-corrected chi connectivity index (χ3v) is 4.42. The van der Waals surface area contributed by atoms with Gasteiger partial charge in [-0.25, -0.2) is 4.79 Å². The molecule has 4 heteroatoms. The number of likely N-dealkylation sites (tertiary alicyclic amines) is 1. The van der Waals surface area contributed by atoms with Crippen molar-refractivity contribution in [2.24, 2.45) is 0 Å². The summed E-state index contributed by atoms with van der Waals surface area (Å²) in [5.74, 6) is -0.315. The van der Waals surface area contributed by atoms with E-state index in [2.05, 4.69) is 6.07 Å². The van der Waals surface area contributed by atoms with Crippen molar-refractivity contribution in [3.8, 4) is 0 Å². The van der Waals surface area contributed by atoms with Crippen LogP contribution in [0, 0.1) is 0 Å². The number of amides is 1. The minimum absolute atomic E-state index is 0.0414. The fourth-order valence-corrected chi connectivity index (χ4v) is 3.36. The van der Waals surface area contributed by atoms with Crippen LogP contribution in [-0.2, 0) is 22.4 Å². The lowest BCUT2D eigenvalue weighted by atomic mass is 10.1. The van der Waals surface area contributed by atoms with Crippen molar-refractivity contribution in [1.29, 1.82) is 0 Å². The van der Waals surface area contributed by atoms with Crippen molar-refractivity contribution in [3.63, 3.8) is 0 Å². The van der Waals surface area contributed by atoms with E-state index in [4.69, 9.17) is 4.74 Å². The second kappa shape index (κ2) is 5.88. The number of rotatable bonds is 3. The van der Waals surface area contributed by atoms with Gasteiger partial charge in [-0.15, -0.1) is 0 Å². The van der Waals surface area contributed by atoms with Crippen LogP contribution in [0.25, 0.3) is 0 Å². The first-order chi connectivity index (χ1) is 10.2. The first kappa shape index (κ1) is 14.1. The Morgan fingerprint density at radius 1 is 1.24 bits per heavy atom. The molecule has 2 aliphatic rings. The fraction of sp³-hybridized carbons (Fsp3) is 0.529. The fourth-order valence-electron chi connectivity index (χ4n) is 3.36. The molecule has 1 amide bonds. The Kier molecular flexibility index (Phi) is 3.95. The van der Waals surface area contributed by atoms with E-state index in [0.717, 1.165) is 19.3 Å². The number of hydrogen-bond acceptors (Lipinski definition) is 3. The smallest absolute Gasteiger partial charge is 0.328 e. The van der Waals surface area contributed by atoms with Crippen molar-refractivity contribution >= 4 is 11.9 Å². The Hall–Kier alpha value is -1.84. The topological polar surface area (TPSA) is 46.6 Å². The second-order valence-corrected chi connectivity index (χ2v) is 5.75. The number of benzene rings is 1. The minimum Gasteiger partial charge on any atom is -0.464 e. The van der Waals surface area contributed by atoms with E-state index >= 15 is 0 Å². The standard InChI is InChI=1S/C17H21NO3/c1-2-21-17(20)15-7-4-10-18(15)16(19)14-9-8-12-5-3-6-13(12)11-14/h8-9,11,15H,2-7,10H2,1H3. The van der Waals surface area contributed by atoms with Crippen molar-refractivity contribution in [1.82, 2.24) is 4.90 Å². The number of nitrogens with zero attached hydrogens (tertiary/aromatic N) is 1. The van der Waals surface area contributed by atoms with Gasteiger partial charge in [0.25, 0.3) is 5.91 Å². The number of carbonyl (C=O) groups excluding carboxylic acids is 2. The first-order valence-corrected chi connectivity index (χ1v) is 7.80. The highest BCUT2D eigenvalue weighted by Gasteiger charge is 2.35. The molecule has 1 heterocycles. The molecule has 1 fully saturated rings. The Labute approximate surface area is 125 Å². The van der Waals surface area contributed by atoms with Gasteiger partial charge in [-0.3, -0.25) is 4.79 Å². The van der Waals surface area contributed by atoms with E-state index in [1.807, 2.05) is 12.1 Å². The van der Waals surface area contributed by atoms with Gasteiger partial charge in [0.2, 0.25) is 0 Å². The molecule has 0 spiro atoms. The maximum absolute atomic E-state index is 12.7. The highest BCUT2D eigenvalue weighted by atomic mass is 16.5. The molecule has 21 heavy (non-hydrogen) atoms. The molecule has 1 aliphatic heterocycles. The van der Waals surface area contributed by atoms with Crippen molar-refractivity contribution < 1.29 is 14.3 Å². The lowest BCUT2D eigenvalue weighted by Gasteiger charge is -2.23. The van der Waals surface area contributed by atoms with Gasteiger partial charge in [0, 0.05) is 12.1 Å². The van der Waals surface area contributed by atoms with E-state index in [1.54, 1.807) is 11.8 Å². The molecule has 0 N–H and O–H groups in total. The van der Waals surface area contributed by atoms with Crippen LogP contribution in [0.15, 0.2) is 18.2 Å². The Bertz CT molecular complexity index is 567. The lowest BCUT2D eigenvalue weighted by molar-refractivity contribution is -0.147. The maximum Gasteiger partial charge on any atom is 0.328 e. The van der Waals surface area contributed by atoms with E-state index in [-0.39, 0.29) is 11.9 Å². The molecule has 1 unspecified atom stereocenters. The number of fused-ring (bicyclic) bond motifs is 1. The maximum atomic E-state index is 12.7. The minimum atomic E-state index is -0.411. The molecule has 0 bridgehead atoms. The third kappa shape index (κ3) is 2.67. The summed E-state index contributed by atoms with van der Waals surface area (Å²) in [5, 5.41) is 0. The largest absolute Gasteiger partial charge is 0.464 e. The summed E-state index contributed by atoms with van der Waals surface area (Å²) in [6, 6.07) is 5.55. The van der Waals surface area contributed by atoms with Gasteiger partial charge >= 0.3 is 5.97 Å². The number of aryl methyl sites for hydroxylation is 2. The van der Waals surface area contributed by atoms with Gasteiger partial charge in [-0.2, -0.15) is 0 Å². The van der Waals surface area contributed by atoms with Crippen LogP contribution >= 0.6 is 0 Å². The Morgan fingerprint density at radius 2 is 2.05 bits per heavy atom. The summed E-state index contributed by atoms with van der Waals surface area (Å²) in [6.07, 6.45) is 4.90. The van der Waals surface area contributed by atoms with E-state index in [0.29, 0.717) is 25.1 Å². The van der Waals surface area contributed by atoms with Crippen molar-refractivity contribution in [3.05, 3.63) is 34.9 Å². The zero-order valence-corrected chi connectivity index (χ0v) is 12.4. The van der Waals surface area contributed by atoms with Crippen molar-refractivity contribution in [2.75, 3.05) is 13.2 Å². The van der Waals surface area contributed by atoms with Gasteiger partial charge in [0.15, 0.2) is 0 Å². The summed E-state index contributed by atoms with van der Waals surface area (Å²) in [5.41, 5.74) is 3.34. The number of hydrogen-bond donors (Lipinski definition) is 0. The molecule has 1 aromatic carbocycles. The summed E-state index contributed by atoms with van der Waals surface area (Å²) < 4.78 is 5.08. The van der Waals surface area contributed by atoms with Crippen LogP contribution < -0.4 is 0 Å². The molecular formula is C17H21NO3. The van der Waals surface area contributed by atoms with Gasteiger partial charge in [0.1, 0.15) is 6.04 Å². The van der Waals surface area contributed by atoms with Gasteiger partial charge in [-0.05, 0) is 62.3 Å². The van der Waals surface area contributed by atoms with Crippen LogP contribution in [0.4, 0.5) is 0 Å². The number of carbonyl (C=O) groups is 2. The molecule has 0 saturated carbocycles. The first-order valence-electron chi connectivity index (χ1n) is 7.80. The van der Waals surface area contributed by atoms with Crippen LogP contribution in [0.1, 0.15) is 47.7 Å². The average molecular weight is 287 g/mol. The zero-order chi connectivity index (χ0) is 14.8. The molecule has 1 aliphatic carbocycles. The molecule has 1 aromatic rings. The van der Waals surface area contributed by atoms with E-state index < -0.39 is 6.04 Å². The molecular weight excluding hydrogens is 266 g/mol. The third-order valence-electron chi connectivity index (χ3n) is 4.42. The normalized spacial score (nSPS) is 20.4. The highest BCUT2D eigenvalue weighted by Crippen LogP contribution is 2.26. The van der Waals surface area contributed by atoms with Crippen LogP contribution in [0.3, 0.4) is 0 Å². The van der Waals surface area contributed by atoms with Gasteiger partial charge in [-0.1, -0.05) is 6.07 Å². The van der Waals surface area contributed by atoms with Gasteiger partial charge < -0.3 is 9.64 Å². The predicted octanol–water partition coefficient (Wildman–Crippen LogP) is 2.34. The Morgan fingerprint density at radius 3 is 2.86 bits per heavy atom. The average Bonchev–Trinajstić information content (AvgIpc) is 3.14. The quantitative estimate of drug-likeness (QED) is 0.802. The second-order valence-electron chi connectivity index (χ2n) is 5.75. The molecule has 3 rings (SSSR count). The SMILES string of the molecule is CCOC(=O)C1CCCN1C(=O)c1ccc2c(c1)CCC2. The molecule has 1 saturated heterocycles. The lowest BCUT2D eigenvalue weighted by Crippen LogP contribution is -2.41. The van der Waals surface area contributed by atoms with Gasteiger partial charge in [0.05, 0.1) is 6.61 Å². The number of esters is 1. The summed E-state index contributed by atoms with van der Waals surface area (Å²) in [7, 11) is 0. The summed E-state index contributed by atoms with van der Waals surface area (Å²) >= 11 is 0. The van der Waals surface area contributed by atoms with Crippen LogP contribution in [0.2, 0.25) is 0 Å². The molecule has 4 nitrogen and oxygen atoms in total. The molecule has 1 atom stereocenters.